The molecule has 2 rings (SSSR count). The van der Waals surface area contributed by atoms with Crippen LogP contribution < -0.4 is 0 Å². The van der Waals surface area contributed by atoms with E-state index in [0.717, 1.165) is 5.56 Å². The third kappa shape index (κ3) is 2.60. The number of alkyl halides is 1. The quantitative estimate of drug-likeness (QED) is 0.632. The van der Waals surface area contributed by atoms with Gasteiger partial charge in [0.25, 0.3) is 0 Å². The monoisotopic (exact) mass is 326 g/mol. The van der Waals surface area contributed by atoms with E-state index in [0.29, 0.717) is 10.6 Å². The summed E-state index contributed by atoms with van der Waals surface area (Å²) in [4.78, 5) is -0.231. The van der Waals surface area contributed by atoms with Crippen molar-refractivity contribution in [3.63, 3.8) is 0 Å². The molecule has 1 unspecified atom stereocenters. The normalized spacial score (nSPS) is 12.5. The summed E-state index contributed by atoms with van der Waals surface area (Å²) in [6.07, 6.45) is 0. The van der Waals surface area contributed by atoms with Crippen LogP contribution in [0, 0.1) is 19.7 Å². The zero-order chi connectivity index (χ0) is 13.3. The first kappa shape index (κ1) is 13.6. The van der Waals surface area contributed by atoms with Crippen molar-refractivity contribution in [3.8, 4) is 0 Å². The highest BCUT2D eigenvalue weighted by atomic mass is 79.9. The molecule has 0 heterocycles. The lowest BCUT2D eigenvalue weighted by molar-refractivity contribution is 0.613. The highest BCUT2D eigenvalue weighted by Gasteiger charge is 2.18. The van der Waals surface area contributed by atoms with Crippen molar-refractivity contribution in [1.82, 2.24) is 0 Å². The number of halogens is 3. The second-order valence-corrected chi connectivity index (χ2v) is 5.66. The van der Waals surface area contributed by atoms with Crippen LogP contribution in [0.3, 0.4) is 0 Å². The van der Waals surface area contributed by atoms with Gasteiger partial charge in [0.05, 0.1) is 4.83 Å². The fourth-order valence-electron chi connectivity index (χ4n) is 1.84. The molecular weight excluding hydrogens is 315 g/mol. The Labute approximate surface area is 120 Å². The molecule has 0 aromatic heterocycles. The third-order valence-corrected chi connectivity index (χ3v) is 4.39. The fourth-order valence-corrected chi connectivity index (χ4v) is 3.00. The first-order valence-electron chi connectivity index (χ1n) is 5.66. The Hall–Kier alpha value is -0.860. The van der Waals surface area contributed by atoms with E-state index in [2.05, 4.69) is 28.9 Å². The SMILES string of the molecule is Cc1ccc(C(Br)c2c(F)cccc2Cl)cc1C. The summed E-state index contributed by atoms with van der Waals surface area (Å²) in [6, 6.07) is 10.8. The first-order chi connectivity index (χ1) is 8.50. The molecular formula is C15H13BrClF. The van der Waals surface area contributed by atoms with Crippen molar-refractivity contribution in [2.45, 2.75) is 18.7 Å². The Morgan fingerprint density at radius 2 is 1.83 bits per heavy atom. The molecule has 0 spiro atoms. The predicted molar refractivity (Wildman–Crippen MR) is 78.1 cm³/mol. The second kappa shape index (κ2) is 5.41. The van der Waals surface area contributed by atoms with Gasteiger partial charge in [-0.15, -0.1) is 0 Å². The summed E-state index contributed by atoms with van der Waals surface area (Å²) in [5.74, 6) is -0.289. The van der Waals surface area contributed by atoms with Gasteiger partial charge in [-0.1, -0.05) is 51.8 Å². The second-order valence-electron chi connectivity index (χ2n) is 4.34. The van der Waals surface area contributed by atoms with Crippen molar-refractivity contribution >= 4 is 27.5 Å². The molecule has 0 saturated carbocycles. The smallest absolute Gasteiger partial charge is 0.129 e. The number of benzene rings is 2. The zero-order valence-electron chi connectivity index (χ0n) is 10.2. The maximum absolute atomic E-state index is 13.9. The average Bonchev–Trinajstić information content (AvgIpc) is 2.32. The van der Waals surface area contributed by atoms with Gasteiger partial charge in [0, 0.05) is 10.6 Å². The van der Waals surface area contributed by atoms with E-state index >= 15 is 0 Å². The van der Waals surface area contributed by atoms with E-state index in [9.17, 15) is 4.39 Å². The highest BCUT2D eigenvalue weighted by Crippen LogP contribution is 2.37. The Morgan fingerprint density at radius 3 is 2.44 bits per heavy atom. The largest absolute Gasteiger partial charge is 0.207 e. The maximum atomic E-state index is 13.9. The minimum absolute atomic E-state index is 0.231. The van der Waals surface area contributed by atoms with Crippen molar-refractivity contribution in [2.24, 2.45) is 0 Å². The van der Waals surface area contributed by atoms with Crippen molar-refractivity contribution < 1.29 is 4.39 Å². The van der Waals surface area contributed by atoms with E-state index in [-0.39, 0.29) is 10.6 Å². The van der Waals surface area contributed by atoms with Gasteiger partial charge in [-0.05, 0) is 42.7 Å². The van der Waals surface area contributed by atoms with Gasteiger partial charge in [0.15, 0.2) is 0 Å². The molecule has 18 heavy (non-hydrogen) atoms. The molecule has 0 amide bonds. The molecule has 0 radical (unpaired) electrons. The zero-order valence-corrected chi connectivity index (χ0v) is 12.5. The lowest BCUT2D eigenvalue weighted by Crippen LogP contribution is -1.98. The molecule has 94 valence electrons. The van der Waals surface area contributed by atoms with Crippen LogP contribution in [0.1, 0.15) is 27.1 Å². The van der Waals surface area contributed by atoms with Gasteiger partial charge in [0.1, 0.15) is 5.82 Å². The summed E-state index contributed by atoms with van der Waals surface area (Å²) in [5.41, 5.74) is 3.90. The Morgan fingerprint density at radius 1 is 1.11 bits per heavy atom. The molecule has 0 saturated heterocycles. The average molecular weight is 328 g/mol. The van der Waals surface area contributed by atoms with Crippen LogP contribution in [-0.2, 0) is 0 Å². The van der Waals surface area contributed by atoms with Crippen molar-refractivity contribution in [1.29, 1.82) is 0 Å². The Kier molecular flexibility index (Phi) is 4.08. The fraction of sp³-hybridized carbons (Fsp3) is 0.200. The molecule has 0 fully saturated rings. The van der Waals surface area contributed by atoms with Crippen LogP contribution >= 0.6 is 27.5 Å². The van der Waals surface area contributed by atoms with Crippen LogP contribution in [-0.4, -0.2) is 0 Å². The lowest BCUT2D eigenvalue weighted by Gasteiger charge is -2.14. The Bertz CT molecular complexity index is 560. The number of hydrogen-bond acceptors (Lipinski definition) is 0. The van der Waals surface area contributed by atoms with Gasteiger partial charge in [0.2, 0.25) is 0 Å². The van der Waals surface area contributed by atoms with E-state index in [1.54, 1.807) is 12.1 Å². The molecule has 0 nitrogen and oxygen atoms in total. The van der Waals surface area contributed by atoms with Gasteiger partial charge in [-0.25, -0.2) is 4.39 Å². The third-order valence-electron chi connectivity index (χ3n) is 3.08. The molecule has 0 aliphatic carbocycles. The summed E-state index contributed by atoms with van der Waals surface area (Å²) in [6.45, 7) is 4.10. The topological polar surface area (TPSA) is 0 Å². The molecule has 2 aromatic carbocycles. The molecule has 1 atom stereocenters. The van der Waals surface area contributed by atoms with E-state index in [1.807, 2.05) is 19.1 Å². The molecule has 0 aliphatic heterocycles. The Balaban J connectivity index is 2.48. The lowest BCUT2D eigenvalue weighted by atomic mass is 10.00. The molecule has 0 aliphatic rings. The maximum Gasteiger partial charge on any atom is 0.129 e. The standard InChI is InChI=1S/C15H13BrClF/c1-9-6-7-11(8-10(9)2)15(16)14-12(17)4-3-5-13(14)18/h3-8,15H,1-2H3. The molecule has 0 bridgehead atoms. The summed E-state index contributed by atoms with van der Waals surface area (Å²) >= 11 is 9.61. The van der Waals surface area contributed by atoms with E-state index in [1.165, 1.54) is 17.2 Å². The van der Waals surface area contributed by atoms with Gasteiger partial charge < -0.3 is 0 Å². The molecule has 0 N–H and O–H groups in total. The van der Waals surface area contributed by atoms with E-state index in [4.69, 9.17) is 11.6 Å². The summed E-state index contributed by atoms with van der Waals surface area (Å²) in [7, 11) is 0. The number of hydrogen-bond donors (Lipinski definition) is 0. The van der Waals surface area contributed by atoms with Crippen LogP contribution in [0.4, 0.5) is 4.39 Å². The first-order valence-corrected chi connectivity index (χ1v) is 6.95. The van der Waals surface area contributed by atoms with E-state index < -0.39 is 0 Å². The molecule has 3 heteroatoms. The van der Waals surface area contributed by atoms with Crippen LogP contribution in [0.15, 0.2) is 36.4 Å². The number of aryl methyl sites for hydroxylation is 2. The minimum Gasteiger partial charge on any atom is -0.207 e. The minimum atomic E-state index is -0.289. The highest BCUT2D eigenvalue weighted by molar-refractivity contribution is 9.09. The van der Waals surface area contributed by atoms with Crippen molar-refractivity contribution in [3.05, 3.63) is 69.5 Å². The number of rotatable bonds is 2. The van der Waals surface area contributed by atoms with Gasteiger partial charge >= 0.3 is 0 Å². The van der Waals surface area contributed by atoms with Crippen LogP contribution in [0.5, 0.6) is 0 Å². The van der Waals surface area contributed by atoms with Crippen molar-refractivity contribution in [2.75, 3.05) is 0 Å². The van der Waals surface area contributed by atoms with Gasteiger partial charge in [-0.3, -0.25) is 0 Å². The summed E-state index contributed by atoms with van der Waals surface area (Å²) in [5, 5.41) is 0.440. The van der Waals surface area contributed by atoms with Gasteiger partial charge in [-0.2, -0.15) is 0 Å². The van der Waals surface area contributed by atoms with Crippen LogP contribution in [0.2, 0.25) is 5.02 Å². The summed E-state index contributed by atoms with van der Waals surface area (Å²) < 4.78 is 13.9. The van der Waals surface area contributed by atoms with Crippen LogP contribution in [0.25, 0.3) is 0 Å². The predicted octanol–water partition coefficient (Wildman–Crippen LogP) is 5.58. The molecule has 2 aromatic rings.